The molecule has 1 aromatic rings. The Morgan fingerprint density at radius 1 is 0.900 bits per heavy atom. The second-order valence-electron chi connectivity index (χ2n) is 5.46. The van der Waals surface area contributed by atoms with Crippen molar-refractivity contribution >= 4 is 5.91 Å². The summed E-state index contributed by atoms with van der Waals surface area (Å²) in [7, 11) is 0. The summed E-state index contributed by atoms with van der Waals surface area (Å²) in [6, 6.07) is 10.1. The molecule has 0 N–H and O–H groups in total. The Bertz CT molecular complexity index is 351. The van der Waals surface area contributed by atoms with Gasteiger partial charge in [-0.25, -0.2) is 0 Å². The highest BCUT2D eigenvalue weighted by Gasteiger charge is 2.13. The molecule has 0 aliphatic rings. The number of rotatable bonds is 10. The smallest absolute Gasteiger partial charge is 0.226 e. The van der Waals surface area contributed by atoms with E-state index >= 15 is 0 Å². The van der Waals surface area contributed by atoms with Crippen molar-refractivity contribution < 1.29 is 4.79 Å². The van der Waals surface area contributed by atoms with Gasteiger partial charge in [0.15, 0.2) is 0 Å². The van der Waals surface area contributed by atoms with Gasteiger partial charge in [0.1, 0.15) is 0 Å². The zero-order valence-corrected chi connectivity index (χ0v) is 13.1. The Morgan fingerprint density at radius 3 is 1.95 bits per heavy atom. The van der Waals surface area contributed by atoms with Gasteiger partial charge in [0.25, 0.3) is 0 Å². The first kappa shape index (κ1) is 16.7. The lowest BCUT2D eigenvalue weighted by atomic mass is 10.1. The fourth-order valence-electron chi connectivity index (χ4n) is 2.35. The van der Waals surface area contributed by atoms with Crippen molar-refractivity contribution in [1.29, 1.82) is 0 Å². The number of carbonyl (C=O) groups is 1. The fraction of sp³-hybridized carbons (Fsp3) is 0.611. The first-order valence-corrected chi connectivity index (χ1v) is 8.09. The predicted molar refractivity (Wildman–Crippen MR) is 85.8 cm³/mol. The Labute approximate surface area is 124 Å². The summed E-state index contributed by atoms with van der Waals surface area (Å²) in [5, 5.41) is 0. The van der Waals surface area contributed by atoms with E-state index in [0.29, 0.717) is 6.42 Å². The van der Waals surface area contributed by atoms with Crippen LogP contribution in [0.3, 0.4) is 0 Å². The number of unbranched alkanes of at least 4 members (excludes halogenated alkanes) is 4. The van der Waals surface area contributed by atoms with Gasteiger partial charge in [-0.15, -0.1) is 0 Å². The van der Waals surface area contributed by atoms with Crippen LogP contribution < -0.4 is 0 Å². The lowest BCUT2D eigenvalue weighted by Crippen LogP contribution is -2.34. The van der Waals surface area contributed by atoms with Crippen molar-refractivity contribution in [3.63, 3.8) is 0 Å². The zero-order chi connectivity index (χ0) is 14.6. The number of hydrogen-bond acceptors (Lipinski definition) is 1. The molecule has 20 heavy (non-hydrogen) atoms. The molecule has 0 bridgehead atoms. The lowest BCUT2D eigenvalue weighted by molar-refractivity contribution is -0.130. The minimum absolute atomic E-state index is 0.281. The molecule has 0 unspecified atom stereocenters. The van der Waals surface area contributed by atoms with Crippen molar-refractivity contribution in [2.24, 2.45) is 0 Å². The summed E-state index contributed by atoms with van der Waals surface area (Å²) in [6.45, 7) is 6.24. The van der Waals surface area contributed by atoms with Gasteiger partial charge in [-0.3, -0.25) is 4.79 Å². The minimum Gasteiger partial charge on any atom is -0.342 e. The molecule has 1 rings (SSSR count). The fourth-order valence-corrected chi connectivity index (χ4v) is 2.35. The van der Waals surface area contributed by atoms with E-state index in [0.717, 1.165) is 31.5 Å². The molecule has 2 nitrogen and oxygen atoms in total. The molecule has 0 spiro atoms. The van der Waals surface area contributed by atoms with Crippen molar-refractivity contribution in [3.05, 3.63) is 35.9 Å². The molecule has 0 atom stereocenters. The van der Waals surface area contributed by atoms with Gasteiger partial charge < -0.3 is 4.90 Å². The molecule has 1 aromatic carbocycles. The third-order valence-corrected chi connectivity index (χ3v) is 3.61. The SMILES string of the molecule is CCCCCN(CCCCC)C(=O)Cc1ccccc1. The molecule has 0 aliphatic heterocycles. The quantitative estimate of drug-likeness (QED) is 0.578. The van der Waals surface area contributed by atoms with Crippen LogP contribution in [0.25, 0.3) is 0 Å². The molecule has 0 aromatic heterocycles. The monoisotopic (exact) mass is 275 g/mol. The molecule has 0 saturated heterocycles. The standard InChI is InChI=1S/C18H29NO/c1-3-5-10-14-19(15-11-6-4-2)18(20)16-17-12-8-7-9-13-17/h7-9,12-13H,3-6,10-11,14-16H2,1-2H3. The molecule has 112 valence electrons. The maximum Gasteiger partial charge on any atom is 0.226 e. The third kappa shape index (κ3) is 6.74. The van der Waals surface area contributed by atoms with E-state index in [1.54, 1.807) is 0 Å². The van der Waals surface area contributed by atoms with E-state index in [9.17, 15) is 4.79 Å². The zero-order valence-electron chi connectivity index (χ0n) is 13.1. The van der Waals surface area contributed by atoms with E-state index in [4.69, 9.17) is 0 Å². The van der Waals surface area contributed by atoms with E-state index in [1.807, 2.05) is 30.3 Å². The molecule has 0 heterocycles. The van der Waals surface area contributed by atoms with Crippen LogP contribution in [0.2, 0.25) is 0 Å². The second-order valence-corrected chi connectivity index (χ2v) is 5.46. The molecule has 0 saturated carbocycles. The van der Waals surface area contributed by atoms with E-state index in [1.165, 1.54) is 25.7 Å². The van der Waals surface area contributed by atoms with Gasteiger partial charge >= 0.3 is 0 Å². The molecule has 0 radical (unpaired) electrons. The Balaban J connectivity index is 2.48. The van der Waals surface area contributed by atoms with Gasteiger partial charge in [-0.1, -0.05) is 69.9 Å². The summed E-state index contributed by atoms with van der Waals surface area (Å²) < 4.78 is 0. The number of amides is 1. The minimum atomic E-state index is 0.281. The highest BCUT2D eigenvalue weighted by atomic mass is 16.2. The Kier molecular flexibility index (Phi) is 8.77. The summed E-state index contributed by atoms with van der Waals surface area (Å²) in [5.41, 5.74) is 1.12. The van der Waals surface area contributed by atoms with Crippen molar-refractivity contribution in [2.75, 3.05) is 13.1 Å². The van der Waals surface area contributed by atoms with Crippen LogP contribution in [0.4, 0.5) is 0 Å². The molecular weight excluding hydrogens is 246 g/mol. The van der Waals surface area contributed by atoms with Gasteiger partial charge in [0.2, 0.25) is 5.91 Å². The maximum atomic E-state index is 12.4. The van der Waals surface area contributed by atoms with Crippen LogP contribution in [-0.2, 0) is 11.2 Å². The van der Waals surface area contributed by atoms with E-state index in [-0.39, 0.29) is 5.91 Å². The first-order valence-electron chi connectivity index (χ1n) is 8.09. The van der Waals surface area contributed by atoms with Crippen LogP contribution in [0.15, 0.2) is 30.3 Å². The summed E-state index contributed by atoms with van der Waals surface area (Å²) in [5.74, 6) is 0.281. The average molecular weight is 275 g/mol. The van der Waals surface area contributed by atoms with Crippen molar-refractivity contribution in [1.82, 2.24) is 4.90 Å². The molecule has 2 heteroatoms. The van der Waals surface area contributed by atoms with Gasteiger partial charge in [0.05, 0.1) is 6.42 Å². The number of nitrogens with zero attached hydrogens (tertiary/aromatic N) is 1. The molecule has 0 aliphatic carbocycles. The predicted octanol–water partition coefficient (Wildman–Crippen LogP) is 4.44. The normalized spacial score (nSPS) is 10.5. The van der Waals surface area contributed by atoms with Gasteiger partial charge in [-0.05, 0) is 18.4 Å². The number of hydrogen-bond donors (Lipinski definition) is 0. The van der Waals surface area contributed by atoms with E-state index in [2.05, 4.69) is 18.7 Å². The highest BCUT2D eigenvalue weighted by Crippen LogP contribution is 2.07. The second kappa shape index (κ2) is 10.5. The lowest BCUT2D eigenvalue weighted by Gasteiger charge is -2.23. The summed E-state index contributed by atoms with van der Waals surface area (Å²) >= 11 is 0. The molecule has 0 fully saturated rings. The Hall–Kier alpha value is -1.31. The Morgan fingerprint density at radius 2 is 1.45 bits per heavy atom. The topological polar surface area (TPSA) is 20.3 Å². The van der Waals surface area contributed by atoms with Gasteiger partial charge in [-0.2, -0.15) is 0 Å². The molecular formula is C18H29NO. The average Bonchev–Trinajstić information content (AvgIpc) is 2.47. The van der Waals surface area contributed by atoms with Crippen LogP contribution in [0.5, 0.6) is 0 Å². The van der Waals surface area contributed by atoms with Crippen LogP contribution in [-0.4, -0.2) is 23.9 Å². The summed E-state index contributed by atoms with van der Waals surface area (Å²) in [6.07, 6.45) is 7.63. The van der Waals surface area contributed by atoms with Crippen LogP contribution >= 0.6 is 0 Å². The number of carbonyl (C=O) groups excluding carboxylic acids is 1. The van der Waals surface area contributed by atoms with Crippen molar-refractivity contribution in [3.8, 4) is 0 Å². The third-order valence-electron chi connectivity index (χ3n) is 3.61. The van der Waals surface area contributed by atoms with Crippen molar-refractivity contribution in [2.45, 2.75) is 58.8 Å². The first-order chi connectivity index (χ1) is 9.77. The highest BCUT2D eigenvalue weighted by molar-refractivity contribution is 5.78. The van der Waals surface area contributed by atoms with Gasteiger partial charge in [0, 0.05) is 13.1 Å². The van der Waals surface area contributed by atoms with E-state index < -0.39 is 0 Å². The number of benzene rings is 1. The van der Waals surface area contributed by atoms with Crippen LogP contribution in [0.1, 0.15) is 57.9 Å². The summed E-state index contributed by atoms with van der Waals surface area (Å²) in [4.78, 5) is 14.5. The molecule has 1 amide bonds. The largest absolute Gasteiger partial charge is 0.342 e. The maximum absolute atomic E-state index is 12.4. The van der Waals surface area contributed by atoms with Crippen LogP contribution in [0, 0.1) is 0 Å².